The van der Waals surface area contributed by atoms with Gasteiger partial charge in [-0.15, -0.1) is 0 Å². The average molecular weight is 256 g/mol. The number of aliphatic hydroxyl groups is 1. The van der Waals surface area contributed by atoms with Gasteiger partial charge >= 0.3 is 0 Å². The van der Waals surface area contributed by atoms with Crippen molar-refractivity contribution in [2.24, 2.45) is 11.8 Å². The maximum absolute atomic E-state index is 10.6. The van der Waals surface area contributed by atoms with Gasteiger partial charge in [0, 0.05) is 0 Å². The van der Waals surface area contributed by atoms with Gasteiger partial charge in [0.25, 0.3) is 0 Å². The van der Waals surface area contributed by atoms with Crippen LogP contribution in [0.15, 0.2) is 0 Å². The van der Waals surface area contributed by atoms with Gasteiger partial charge in [0.15, 0.2) is 0 Å². The lowest BCUT2D eigenvalue weighted by molar-refractivity contribution is 0.0340. The Hall–Kier alpha value is -0.0400. The van der Waals surface area contributed by atoms with Crippen LogP contribution in [0.4, 0.5) is 0 Å². The molecule has 0 rings (SSSR count). The van der Waals surface area contributed by atoms with Crippen LogP contribution in [0.3, 0.4) is 0 Å². The molecule has 0 radical (unpaired) electrons. The SMILES string of the molecule is CCCCC(CC)C(O)C(CCCC)CCCC. The van der Waals surface area contributed by atoms with E-state index in [1.807, 2.05) is 0 Å². The molecule has 0 fully saturated rings. The van der Waals surface area contributed by atoms with Gasteiger partial charge in [0.2, 0.25) is 0 Å². The molecule has 0 aliphatic carbocycles. The lowest BCUT2D eigenvalue weighted by atomic mass is 9.81. The smallest absolute Gasteiger partial charge is 0.0596 e. The maximum Gasteiger partial charge on any atom is 0.0596 e. The molecule has 0 heterocycles. The van der Waals surface area contributed by atoms with Crippen LogP contribution in [0.2, 0.25) is 0 Å². The van der Waals surface area contributed by atoms with Gasteiger partial charge in [-0.2, -0.15) is 0 Å². The second-order valence-corrected chi connectivity index (χ2v) is 5.85. The number of hydrogen-bond acceptors (Lipinski definition) is 1. The molecule has 18 heavy (non-hydrogen) atoms. The minimum Gasteiger partial charge on any atom is -0.393 e. The molecule has 0 aromatic carbocycles. The fourth-order valence-electron chi connectivity index (χ4n) is 2.89. The Morgan fingerprint density at radius 1 is 0.667 bits per heavy atom. The van der Waals surface area contributed by atoms with E-state index in [2.05, 4.69) is 27.7 Å². The standard InChI is InChI=1S/C17H36O/c1-5-9-12-15(8-4)17(18)16(13-10-6-2)14-11-7-3/h15-18H,5-14H2,1-4H3. The summed E-state index contributed by atoms with van der Waals surface area (Å²) in [6.45, 7) is 8.97. The third kappa shape index (κ3) is 7.41. The summed E-state index contributed by atoms with van der Waals surface area (Å²) in [5, 5.41) is 10.6. The Labute approximate surface area is 115 Å². The lowest BCUT2D eigenvalue weighted by Gasteiger charge is -2.29. The van der Waals surface area contributed by atoms with Crippen molar-refractivity contribution >= 4 is 0 Å². The molecule has 0 aliphatic heterocycles. The monoisotopic (exact) mass is 256 g/mol. The van der Waals surface area contributed by atoms with Crippen molar-refractivity contribution in [3.05, 3.63) is 0 Å². The second kappa shape index (κ2) is 12.0. The second-order valence-electron chi connectivity index (χ2n) is 5.85. The highest BCUT2D eigenvalue weighted by atomic mass is 16.3. The highest BCUT2D eigenvalue weighted by Crippen LogP contribution is 2.29. The fraction of sp³-hybridized carbons (Fsp3) is 1.00. The van der Waals surface area contributed by atoms with Crippen molar-refractivity contribution in [3.8, 4) is 0 Å². The summed E-state index contributed by atoms with van der Waals surface area (Å²) in [6.07, 6.45) is 12.3. The van der Waals surface area contributed by atoms with E-state index in [1.54, 1.807) is 0 Å². The van der Waals surface area contributed by atoms with E-state index in [9.17, 15) is 5.11 Å². The third-order valence-corrected chi connectivity index (χ3v) is 4.28. The molecule has 2 unspecified atom stereocenters. The highest BCUT2D eigenvalue weighted by Gasteiger charge is 2.25. The van der Waals surface area contributed by atoms with Gasteiger partial charge < -0.3 is 5.11 Å². The molecule has 0 aromatic rings. The first-order valence-electron chi connectivity index (χ1n) is 8.39. The first-order valence-corrected chi connectivity index (χ1v) is 8.39. The molecule has 0 saturated heterocycles. The van der Waals surface area contributed by atoms with Crippen LogP contribution in [0, 0.1) is 11.8 Å². The quantitative estimate of drug-likeness (QED) is 0.484. The van der Waals surface area contributed by atoms with Crippen LogP contribution in [0.5, 0.6) is 0 Å². The summed E-state index contributed by atoms with van der Waals surface area (Å²) >= 11 is 0. The van der Waals surface area contributed by atoms with Gasteiger partial charge in [-0.05, 0) is 31.1 Å². The van der Waals surface area contributed by atoms with Crippen molar-refractivity contribution in [2.45, 2.75) is 98.0 Å². The molecule has 110 valence electrons. The van der Waals surface area contributed by atoms with E-state index in [4.69, 9.17) is 0 Å². The van der Waals surface area contributed by atoms with Crippen LogP contribution in [0.25, 0.3) is 0 Å². The van der Waals surface area contributed by atoms with E-state index in [1.165, 1.54) is 57.8 Å². The van der Waals surface area contributed by atoms with Gasteiger partial charge in [-0.25, -0.2) is 0 Å². The van der Waals surface area contributed by atoms with E-state index < -0.39 is 0 Å². The zero-order valence-corrected chi connectivity index (χ0v) is 13.3. The molecule has 1 N–H and O–H groups in total. The molecule has 1 heteroatoms. The van der Waals surface area contributed by atoms with Crippen LogP contribution < -0.4 is 0 Å². The van der Waals surface area contributed by atoms with Gasteiger partial charge in [-0.3, -0.25) is 0 Å². The highest BCUT2D eigenvalue weighted by molar-refractivity contribution is 4.76. The predicted octanol–water partition coefficient (Wildman–Crippen LogP) is 5.56. The number of unbranched alkanes of at least 4 members (excludes halogenated alkanes) is 3. The van der Waals surface area contributed by atoms with Crippen LogP contribution in [0.1, 0.15) is 91.9 Å². The molecular formula is C17H36O. The van der Waals surface area contributed by atoms with Gasteiger partial charge in [0.1, 0.15) is 0 Å². The molecule has 0 amide bonds. The van der Waals surface area contributed by atoms with E-state index in [0.717, 1.165) is 6.42 Å². The Morgan fingerprint density at radius 3 is 1.39 bits per heavy atom. The normalized spacial score (nSPS) is 15.0. The summed E-state index contributed by atoms with van der Waals surface area (Å²) < 4.78 is 0. The molecule has 0 bridgehead atoms. The van der Waals surface area contributed by atoms with Crippen LogP contribution in [-0.4, -0.2) is 11.2 Å². The minimum absolute atomic E-state index is 0.0559. The first kappa shape index (κ1) is 18.0. The van der Waals surface area contributed by atoms with Crippen molar-refractivity contribution in [3.63, 3.8) is 0 Å². The molecule has 2 atom stereocenters. The average Bonchev–Trinajstić information content (AvgIpc) is 2.39. The largest absolute Gasteiger partial charge is 0.393 e. The van der Waals surface area contributed by atoms with Crippen LogP contribution >= 0.6 is 0 Å². The lowest BCUT2D eigenvalue weighted by Crippen LogP contribution is -2.29. The number of hydrogen-bond donors (Lipinski definition) is 1. The topological polar surface area (TPSA) is 20.2 Å². The Balaban J connectivity index is 4.31. The summed E-state index contributed by atoms with van der Waals surface area (Å²) in [4.78, 5) is 0. The zero-order valence-electron chi connectivity index (χ0n) is 13.3. The van der Waals surface area contributed by atoms with Crippen molar-refractivity contribution in [2.75, 3.05) is 0 Å². The fourth-order valence-corrected chi connectivity index (χ4v) is 2.89. The molecule has 1 nitrogen and oxygen atoms in total. The number of aliphatic hydroxyl groups excluding tert-OH is 1. The maximum atomic E-state index is 10.6. The summed E-state index contributed by atoms with van der Waals surface area (Å²) in [5.41, 5.74) is 0. The third-order valence-electron chi connectivity index (χ3n) is 4.28. The molecule has 0 saturated carbocycles. The Kier molecular flexibility index (Phi) is 12.0. The van der Waals surface area contributed by atoms with Crippen molar-refractivity contribution in [1.29, 1.82) is 0 Å². The van der Waals surface area contributed by atoms with Gasteiger partial charge in [0.05, 0.1) is 6.10 Å². The Bertz CT molecular complexity index is 159. The Morgan fingerprint density at radius 2 is 1.06 bits per heavy atom. The summed E-state index contributed by atoms with van der Waals surface area (Å²) in [7, 11) is 0. The summed E-state index contributed by atoms with van der Waals surface area (Å²) in [6, 6.07) is 0. The minimum atomic E-state index is -0.0559. The van der Waals surface area contributed by atoms with E-state index >= 15 is 0 Å². The van der Waals surface area contributed by atoms with Crippen molar-refractivity contribution in [1.82, 2.24) is 0 Å². The summed E-state index contributed by atoms with van der Waals surface area (Å²) in [5.74, 6) is 1.08. The first-order chi connectivity index (χ1) is 8.71. The molecular weight excluding hydrogens is 220 g/mol. The number of rotatable bonds is 12. The predicted molar refractivity (Wildman–Crippen MR) is 81.9 cm³/mol. The van der Waals surface area contributed by atoms with Gasteiger partial charge in [-0.1, -0.05) is 72.6 Å². The molecule has 0 spiro atoms. The zero-order chi connectivity index (χ0) is 13.8. The van der Waals surface area contributed by atoms with E-state index in [0.29, 0.717) is 11.8 Å². The molecule has 0 aliphatic rings. The molecule has 0 aromatic heterocycles. The van der Waals surface area contributed by atoms with Crippen LogP contribution in [-0.2, 0) is 0 Å². The van der Waals surface area contributed by atoms with Crippen molar-refractivity contribution < 1.29 is 5.11 Å². The van der Waals surface area contributed by atoms with E-state index in [-0.39, 0.29) is 6.10 Å².